The number of furan rings is 1. The number of thiophene rings is 2. The van der Waals surface area contributed by atoms with E-state index in [1.165, 1.54) is 32.4 Å². The second-order valence-corrected chi connectivity index (χ2v) is 17.3. The molecule has 0 aliphatic heterocycles. The van der Waals surface area contributed by atoms with Gasteiger partial charge in [0.2, 0.25) is 0 Å². The topological polar surface area (TPSA) is 138 Å². The number of aromatic amines is 3. The van der Waals surface area contributed by atoms with E-state index >= 15 is 0 Å². The van der Waals surface area contributed by atoms with Crippen LogP contribution in [0.2, 0.25) is 0 Å². The van der Waals surface area contributed by atoms with Crippen LogP contribution in [0.25, 0.3) is 100 Å². The average Bonchev–Trinajstić information content (AvgIpc) is 4.24. The number of phenolic OH excluding ortho intramolecular Hbond substituents is 1. The van der Waals surface area contributed by atoms with Crippen molar-refractivity contribution in [3.63, 3.8) is 0 Å². The number of ether oxygens (including phenoxy) is 2. The van der Waals surface area contributed by atoms with Crippen LogP contribution in [-0.4, -0.2) is 49.2 Å². The van der Waals surface area contributed by atoms with Gasteiger partial charge < -0.3 is 33.9 Å². The number of aryl methyl sites for hydroxylation is 1. The second kappa shape index (κ2) is 19.3. The molecule has 9 aromatic heterocycles. The first kappa shape index (κ1) is 45.3. The SMILES string of the molecule is COc1c(F)cc(F)cc1-c1c[nH]c2nccc(-c3ccsc3)c12.COc1c(F)cccc1-c1c[nH]c2nccc(-c3ccsc3)c12.Cc1ccc(-c2ccnc3[nH]cc(-c4cccc(F)c4O)c23)o1. The van der Waals surface area contributed by atoms with Gasteiger partial charge in [-0.3, -0.25) is 0 Å². The molecule has 12 rings (SSSR count). The Labute approximate surface area is 404 Å². The number of H-pyrrole nitrogens is 3. The lowest BCUT2D eigenvalue weighted by atomic mass is 9.98. The van der Waals surface area contributed by atoms with Crippen LogP contribution >= 0.6 is 22.7 Å². The van der Waals surface area contributed by atoms with Crippen LogP contribution in [0.5, 0.6) is 17.2 Å². The van der Waals surface area contributed by atoms with Gasteiger partial charge in [-0.15, -0.1) is 0 Å². The van der Waals surface area contributed by atoms with Gasteiger partial charge >= 0.3 is 0 Å². The van der Waals surface area contributed by atoms with E-state index in [9.17, 15) is 22.7 Å². The first-order valence-corrected chi connectivity index (χ1v) is 23.4. The van der Waals surface area contributed by atoms with Crippen molar-refractivity contribution >= 4 is 55.8 Å². The minimum absolute atomic E-state index is 0.0115. The van der Waals surface area contributed by atoms with Gasteiger partial charge in [0.15, 0.2) is 34.7 Å². The molecule has 4 N–H and O–H groups in total. The van der Waals surface area contributed by atoms with Crippen LogP contribution in [0.4, 0.5) is 17.6 Å². The fraction of sp³-hybridized carbons (Fsp3) is 0.0556. The maximum absolute atomic E-state index is 14.1. The van der Waals surface area contributed by atoms with Crippen molar-refractivity contribution in [3.05, 3.63) is 179 Å². The first-order chi connectivity index (χ1) is 34.1. The average molecular weight is 975 g/mol. The predicted molar refractivity (Wildman–Crippen MR) is 268 cm³/mol. The fourth-order valence-electron chi connectivity index (χ4n) is 8.54. The maximum Gasteiger partial charge on any atom is 0.168 e. The van der Waals surface area contributed by atoms with Crippen LogP contribution < -0.4 is 9.47 Å². The number of phenols is 1. The summed E-state index contributed by atoms with van der Waals surface area (Å²) in [5, 5.41) is 20.7. The standard InChI is InChI=1S/C18H12F2N2OS.C18H13FN2O2.C18H13FN2OS/c1-23-17-13(6-11(19)7-15(17)20)14-8-22-18-16(14)12(2-4-21-18)10-3-5-24-9-10;1-10-5-6-15(23-10)12-7-8-20-18-16(12)13(9-21-18)11-3-2-4-14(19)17(11)22;1-22-17-13(3-2-4-15(17)19)14-9-21-18-16(14)12(5-7-20-18)11-6-8-23-10-11/h2-9H,1H3,(H,21,22);2-9,22H,1H3,(H,20,21);2-10H,1H3,(H,20,21). The van der Waals surface area contributed by atoms with Crippen molar-refractivity contribution in [3.8, 4) is 84.2 Å². The molecule has 9 heterocycles. The van der Waals surface area contributed by atoms with Gasteiger partial charge in [-0.2, -0.15) is 22.7 Å². The number of aromatic hydroxyl groups is 1. The summed E-state index contributed by atoms with van der Waals surface area (Å²) in [5.41, 5.74) is 10.8. The molecule has 16 heteroatoms. The zero-order chi connectivity index (χ0) is 48.5. The van der Waals surface area contributed by atoms with Gasteiger partial charge in [0.1, 0.15) is 34.3 Å². The highest BCUT2D eigenvalue weighted by Gasteiger charge is 2.22. The van der Waals surface area contributed by atoms with E-state index in [1.54, 1.807) is 71.9 Å². The molecule has 10 nitrogen and oxygen atoms in total. The van der Waals surface area contributed by atoms with Crippen molar-refractivity contribution < 1.29 is 36.6 Å². The lowest BCUT2D eigenvalue weighted by Crippen LogP contribution is -1.94. The zero-order valence-corrected chi connectivity index (χ0v) is 38.9. The molecule has 0 amide bonds. The molecule has 0 saturated carbocycles. The smallest absolute Gasteiger partial charge is 0.168 e. The Balaban J connectivity index is 0.000000122. The summed E-state index contributed by atoms with van der Waals surface area (Å²) < 4.78 is 71.8. The van der Waals surface area contributed by atoms with Gasteiger partial charge in [0.25, 0.3) is 0 Å². The molecule has 70 heavy (non-hydrogen) atoms. The van der Waals surface area contributed by atoms with Crippen molar-refractivity contribution in [2.75, 3.05) is 14.2 Å². The second-order valence-electron chi connectivity index (χ2n) is 15.7. The van der Waals surface area contributed by atoms with Crippen molar-refractivity contribution in [2.24, 2.45) is 0 Å². The molecule has 0 fully saturated rings. The molecule has 0 radical (unpaired) electrons. The molecule has 348 valence electrons. The van der Waals surface area contributed by atoms with Crippen molar-refractivity contribution in [1.82, 2.24) is 29.9 Å². The van der Waals surface area contributed by atoms with Crippen LogP contribution in [0.15, 0.2) is 154 Å². The van der Waals surface area contributed by atoms with E-state index in [-0.39, 0.29) is 23.1 Å². The molecular formula is C54H38F4N6O4S2. The number of benzene rings is 3. The van der Waals surface area contributed by atoms with Crippen LogP contribution in [-0.2, 0) is 0 Å². The summed E-state index contributed by atoms with van der Waals surface area (Å²) >= 11 is 3.23. The summed E-state index contributed by atoms with van der Waals surface area (Å²) in [6, 6.07) is 25.0. The molecule has 0 spiro atoms. The molecule has 0 bridgehead atoms. The van der Waals surface area contributed by atoms with Gasteiger partial charge in [-0.25, -0.2) is 32.5 Å². The fourth-order valence-corrected chi connectivity index (χ4v) is 9.85. The number of methoxy groups -OCH3 is 2. The largest absolute Gasteiger partial charge is 0.504 e. The molecule has 0 atom stereocenters. The third-order valence-electron chi connectivity index (χ3n) is 11.6. The Morgan fingerprint density at radius 2 is 1.01 bits per heavy atom. The third-order valence-corrected chi connectivity index (χ3v) is 13.0. The number of aromatic nitrogens is 6. The molecule has 0 saturated heterocycles. The molecular weight excluding hydrogens is 937 g/mol. The van der Waals surface area contributed by atoms with Gasteiger partial charge in [0, 0.05) is 98.4 Å². The molecule has 3 aromatic carbocycles. The van der Waals surface area contributed by atoms with E-state index in [0.717, 1.165) is 67.0 Å². The number of rotatable bonds is 8. The highest BCUT2D eigenvalue weighted by Crippen LogP contribution is 2.44. The number of nitrogens with one attached hydrogen (secondary N) is 3. The van der Waals surface area contributed by atoms with E-state index in [2.05, 4.69) is 41.4 Å². The predicted octanol–water partition coefficient (Wildman–Crippen LogP) is 15.0. The number of para-hydroxylation sites is 2. The van der Waals surface area contributed by atoms with Crippen molar-refractivity contribution in [1.29, 1.82) is 0 Å². The highest BCUT2D eigenvalue weighted by atomic mass is 32.1. The summed E-state index contributed by atoms with van der Waals surface area (Å²) in [5.74, 6) is -1.04. The van der Waals surface area contributed by atoms with E-state index in [4.69, 9.17) is 13.9 Å². The summed E-state index contributed by atoms with van der Waals surface area (Å²) in [4.78, 5) is 22.3. The van der Waals surface area contributed by atoms with E-state index in [0.29, 0.717) is 44.9 Å². The van der Waals surface area contributed by atoms with Crippen LogP contribution in [0.1, 0.15) is 5.76 Å². The normalized spacial score (nSPS) is 11.1. The minimum Gasteiger partial charge on any atom is -0.504 e. The van der Waals surface area contributed by atoms with E-state index in [1.807, 2.05) is 71.7 Å². The number of hydrogen-bond donors (Lipinski definition) is 4. The molecule has 0 unspecified atom stereocenters. The quantitative estimate of drug-likeness (QED) is 0.111. The lowest BCUT2D eigenvalue weighted by molar-refractivity contribution is 0.386. The van der Waals surface area contributed by atoms with Gasteiger partial charge in [0.05, 0.1) is 14.2 Å². The van der Waals surface area contributed by atoms with Crippen molar-refractivity contribution in [2.45, 2.75) is 6.92 Å². The van der Waals surface area contributed by atoms with Gasteiger partial charge in [-0.05, 0) is 111 Å². The number of halogens is 4. The first-order valence-electron chi connectivity index (χ1n) is 21.5. The molecule has 12 aromatic rings. The maximum atomic E-state index is 14.1. The Bertz CT molecular complexity index is 3800. The third kappa shape index (κ3) is 8.43. The monoisotopic (exact) mass is 974 g/mol. The van der Waals surface area contributed by atoms with Gasteiger partial charge in [-0.1, -0.05) is 24.3 Å². The van der Waals surface area contributed by atoms with Crippen LogP contribution in [0.3, 0.4) is 0 Å². The zero-order valence-electron chi connectivity index (χ0n) is 37.3. The number of hydrogen-bond acceptors (Lipinski definition) is 9. The summed E-state index contributed by atoms with van der Waals surface area (Å²) in [6.07, 6.45) is 10.4. The lowest BCUT2D eigenvalue weighted by Gasteiger charge is -2.10. The summed E-state index contributed by atoms with van der Waals surface area (Å²) in [7, 11) is 2.85. The number of fused-ring (bicyclic) bond motifs is 3. The summed E-state index contributed by atoms with van der Waals surface area (Å²) in [6.45, 7) is 1.87. The van der Waals surface area contributed by atoms with E-state index < -0.39 is 17.5 Å². The number of nitrogens with zero attached hydrogens (tertiary/aromatic N) is 3. The molecule has 0 aliphatic rings. The minimum atomic E-state index is -0.733. The Morgan fingerprint density at radius 3 is 1.54 bits per heavy atom. The Hall–Kier alpha value is -8.47. The van der Waals surface area contributed by atoms with Crippen LogP contribution in [0, 0.1) is 30.2 Å². The number of pyridine rings is 3. The highest BCUT2D eigenvalue weighted by molar-refractivity contribution is 7.08. The molecule has 0 aliphatic carbocycles. The Kier molecular flexibility index (Phi) is 12.5. The Morgan fingerprint density at radius 1 is 0.514 bits per heavy atom.